The van der Waals surface area contributed by atoms with Crippen LogP contribution in [0.2, 0.25) is 0 Å². The molecule has 0 radical (unpaired) electrons. The fraction of sp³-hybridized carbons (Fsp3) is 0.643. The topological polar surface area (TPSA) is 87.3 Å². The van der Waals surface area contributed by atoms with Gasteiger partial charge < -0.3 is 19.9 Å². The molecule has 7 heteroatoms. The zero-order valence-electron chi connectivity index (χ0n) is 12.5. The van der Waals surface area contributed by atoms with Gasteiger partial charge in [-0.1, -0.05) is 0 Å². The van der Waals surface area contributed by atoms with Crippen LogP contribution in [0.5, 0.6) is 0 Å². The zero-order chi connectivity index (χ0) is 15.2. The third-order valence-corrected chi connectivity index (χ3v) is 3.30. The number of nitrogens with zero attached hydrogens (tertiary/aromatic N) is 2. The van der Waals surface area contributed by atoms with Crippen LogP contribution in [-0.4, -0.2) is 53.2 Å². The fourth-order valence-electron chi connectivity index (χ4n) is 2.34. The number of aromatic amines is 1. The molecule has 2 amide bonds. The van der Waals surface area contributed by atoms with Gasteiger partial charge in [-0.3, -0.25) is 4.79 Å². The molecule has 116 valence electrons. The summed E-state index contributed by atoms with van der Waals surface area (Å²) in [6, 6.07) is 1.35. The molecule has 1 aliphatic rings. The van der Waals surface area contributed by atoms with Crippen LogP contribution >= 0.6 is 0 Å². The van der Waals surface area contributed by atoms with Gasteiger partial charge in [0.05, 0.1) is 6.10 Å². The maximum Gasteiger partial charge on any atom is 0.317 e. The van der Waals surface area contributed by atoms with Gasteiger partial charge in [-0.05, 0) is 20.3 Å². The highest BCUT2D eigenvalue weighted by molar-refractivity contribution is 5.74. The van der Waals surface area contributed by atoms with Crippen molar-refractivity contribution in [1.82, 2.24) is 20.2 Å². The predicted molar refractivity (Wildman–Crippen MR) is 78.3 cm³/mol. The molecule has 0 saturated carbocycles. The molecule has 21 heavy (non-hydrogen) atoms. The van der Waals surface area contributed by atoms with E-state index in [4.69, 9.17) is 4.74 Å². The maximum absolute atomic E-state index is 12.1. The first-order valence-electron chi connectivity index (χ1n) is 7.26. The third-order valence-electron chi connectivity index (χ3n) is 3.30. The Morgan fingerprint density at radius 1 is 1.62 bits per heavy atom. The molecular weight excluding hydrogens is 272 g/mol. The lowest BCUT2D eigenvalue weighted by Crippen LogP contribution is -2.43. The van der Waals surface area contributed by atoms with E-state index in [-0.39, 0.29) is 17.7 Å². The normalized spacial score (nSPS) is 19.1. The summed E-state index contributed by atoms with van der Waals surface area (Å²) in [4.78, 5) is 32.1. The monoisotopic (exact) mass is 294 g/mol. The Bertz CT molecular complexity index is 543. The molecule has 2 rings (SSSR count). The molecular formula is C14H22N4O3. The summed E-state index contributed by atoms with van der Waals surface area (Å²) in [5.41, 5.74) is 0.515. The molecule has 7 nitrogen and oxygen atoms in total. The van der Waals surface area contributed by atoms with Crippen LogP contribution < -0.4 is 10.9 Å². The van der Waals surface area contributed by atoms with Crippen LogP contribution in [0.15, 0.2) is 10.9 Å². The van der Waals surface area contributed by atoms with Crippen LogP contribution in [0.3, 0.4) is 0 Å². The summed E-state index contributed by atoms with van der Waals surface area (Å²) >= 11 is 0. The van der Waals surface area contributed by atoms with Crippen molar-refractivity contribution in [2.24, 2.45) is 0 Å². The van der Waals surface area contributed by atoms with Crippen molar-refractivity contribution in [3.05, 3.63) is 27.9 Å². The van der Waals surface area contributed by atoms with Gasteiger partial charge in [0.25, 0.3) is 5.56 Å². The number of aromatic nitrogens is 2. The van der Waals surface area contributed by atoms with Crippen molar-refractivity contribution in [2.75, 3.05) is 26.2 Å². The number of carbonyl (C=O) groups is 1. The van der Waals surface area contributed by atoms with Crippen molar-refractivity contribution in [3.63, 3.8) is 0 Å². The maximum atomic E-state index is 12.1. The lowest BCUT2D eigenvalue weighted by molar-refractivity contribution is 0.0710. The second-order valence-corrected chi connectivity index (χ2v) is 5.30. The van der Waals surface area contributed by atoms with E-state index >= 15 is 0 Å². The molecule has 1 saturated heterocycles. The number of rotatable bonds is 3. The number of hydrogen-bond acceptors (Lipinski definition) is 4. The van der Waals surface area contributed by atoms with E-state index < -0.39 is 0 Å². The van der Waals surface area contributed by atoms with Gasteiger partial charge in [-0.25, -0.2) is 9.78 Å². The first kappa shape index (κ1) is 15.5. The van der Waals surface area contributed by atoms with E-state index in [0.717, 1.165) is 6.42 Å². The Labute approximate surface area is 123 Å². The van der Waals surface area contributed by atoms with E-state index in [9.17, 15) is 9.59 Å². The summed E-state index contributed by atoms with van der Waals surface area (Å²) in [5, 5.41) is 2.86. The molecule has 2 heterocycles. The van der Waals surface area contributed by atoms with Gasteiger partial charge in [-0.2, -0.15) is 0 Å². The van der Waals surface area contributed by atoms with E-state index in [1.54, 1.807) is 11.8 Å². The molecule has 1 aliphatic heterocycles. The van der Waals surface area contributed by atoms with Gasteiger partial charge in [0, 0.05) is 44.4 Å². The average molecular weight is 294 g/mol. The van der Waals surface area contributed by atoms with Gasteiger partial charge in [0.15, 0.2) is 0 Å². The smallest absolute Gasteiger partial charge is 0.317 e. The summed E-state index contributed by atoms with van der Waals surface area (Å²) in [6.07, 6.45) is 1.42. The highest BCUT2D eigenvalue weighted by Gasteiger charge is 2.19. The summed E-state index contributed by atoms with van der Waals surface area (Å²) in [5.74, 6) is 0.591. The van der Waals surface area contributed by atoms with E-state index in [1.165, 1.54) is 6.07 Å². The van der Waals surface area contributed by atoms with Crippen molar-refractivity contribution in [1.29, 1.82) is 0 Å². The Morgan fingerprint density at radius 2 is 2.43 bits per heavy atom. The average Bonchev–Trinajstić information content (AvgIpc) is 2.62. The fourth-order valence-corrected chi connectivity index (χ4v) is 2.34. The highest BCUT2D eigenvalue weighted by atomic mass is 16.5. The quantitative estimate of drug-likeness (QED) is 0.847. The molecule has 1 atom stereocenters. The molecule has 0 bridgehead atoms. The SMILES string of the molecule is Cc1cc(=O)[nH]c(CCNC(=O)N2CCCO[C@H](C)C2)n1. The minimum absolute atomic E-state index is 0.0630. The molecule has 1 aromatic heterocycles. The van der Waals surface area contributed by atoms with Crippen LogP contribution in [0.1, 0.15) is 24.9 Å². The molecule has 0 aliphatic carbocycles. The number of nitrogens with one attached hydrogen (secondary N) is 2. The Hall–Kier alpha value is -1.89. The second-order valence-electron chi connectivity index (χ2n) is 5.30. The first-order chi connectivity index (χ1) is 10.0. The number of hydrogen-bond donors (Lipinski definition) is 2. The Morgan fingerprint density at radius 3 is 3.19 bits per heavy atom. The number of carbonyl (C=O) groups excluding carboxylic acids is 1. The minimum atomic E-state index is -0.165. The summed E-state index contributed by atoms with van der Waals surface area (Å²) in [6.45, 7) is 6.18. The zero-order valence-corrected chi connectivity index (χ0v) is 12.5. The van der Waals surface area contributed by atoms with Crippen LogP contribution in [-0.2, 0) is 11.2 Å². The molecule has 2 N–H and O–H groups in total. The molecule has 1 fully saturated rings. The number of aryl methyl sites for hydroxylation is 1. The molecule has 0 spiro atoms. The number of H-pyrrole nitrogens is 1. The minimum Gasteiger partial charge on any atom is -0.377 e. The predicted octanol–water partition coefficient (Wildman–Crippen LogP) is 0.441. The van der Waals surface area contributed by atoms with Crippen molar-refractivity contribution in [3.8, 4) is 0 Å². The summed E-state index contributed by atoms with van der Waals surface area (Å²) < 4.78 is 5.51. The van der Waals surface area contributed by atoms with Crippen LogP contribution in [0, 0.1) is 6.92 Å². The van der Waals surface area contributed by atoms with Crippen molar-refractivity contribution < 1.29 is 9.53 Å². The van der Waals surface area contributed by atoms with Gasteiger partial charge >= 0.3 is 6.03 Å². The number of urea groups is 1. The number of ether oxygens (including phenoxy) is 1. The summed E-state index contributed by atoms with van der Waals surface area (Å²) in [7, 11) is 0. The molecule has 0 aromatic carbocycles. The van der Waals surface area contributed by atoms with Gasteiger partial charge in [-0.15, -0.1) is 0 Å². The van der Waals surface area contributed by atoms with Gasteiger partial charge in [0.1, 0.15) is 5.82 Å². The highest BCUT2D eigenvalue weighted by Crippen LogP contribution is 2.05. The lowest BCUT2D eigenvalue weighted by Gasteiger charge is -2.22. The van der Waals surface area contributed by atoms with Crippen LogP contribution in [0.25, 0.3) is 0 Å². The largest absolute Gasteiger partial charge is 0.377 e. The standard InChI is InChI=1S/C14H22N4O3/c1-10-8-13(19)17-12(16-10)4-5-15-14(20)18-6-3-7-21-11(2)9-18/h8,11H,3-7,9H2,1-2H3,(H,15,20)(H,16,17,19)/t11-/m1/s1. The molecule has 0 unspecified atom stereocenters. The Kier molecular flexibility index (Phi) is 5.32. The number of amides is 2. The van der Waals surface area contributed by atoms with Crippen molar-refractivity contribution >= 4 is 6.03 Å². The van der Waals surface area contributed by atoms with E-state index in [1.807, 2.05) is 6.92 Å². The van der Waals surface area contributed by atoms with E-state index in [2.05, 4.69) is 15.3 Å². The lowest BCUT2D eigenvalue weighted by atomic mass is 10.3. The third kappa shape index (κ3) is 4.86. The van der Waals surface area contributed by atoms with Gasteiger partial charge in [0.2, 0.25) is 0 Å². The van der Waals surface area contributed by atoms with Crippen molar-refractivity contribution in [2.45, 2.75) is 32.8 Å². The first-order valence-corrected chi connectivity index (χ1v) is 7.26. The Balaban J connectivity index is 1.82. The van der Waals surface area contributed by atoms with Crippen LogP contribution in [0.4, 0.5) is 4.79 Å². The van der Waals surface area contributed by atoms with E-state index in [0.29, 0.717) is 44.2 Å². The second kappa shape index (κ2) is 7.21. The molecule has 1 aromatic rings.